The summed E-state index contributed by atoms with van der Waals surface area (Å²) in [6.45, 7) is 0. The molecule has 0 aliphatic rings. The van der Waals surface area contributed by atoms with E-state index in [0.29, 0.717) is 0 Å². The maximum Gasteiger partial charge on any atom is 0.324 e. The number of aliphatic carboxylic acids is 1. The van der Waals surface area contributed by atoms with Crippen LogP contribution in [0.2, 0.25) is 0 Å². The summed E-state index contributed by atoms with van der Waals surface area (Å²) in [5.74, 6) is -1.13. The van der Waals surface area contributed by atoms with Crippen LogP contribution in [-0.2, 0) is 4.79 Å². The molecule has 2 rings (SSSR count). The van der Waals surface area contributed by atoms with Gasteiger partial charge in [-0.1, -0.05) is 36.4 Å². The number of carboxylic acids is 1. The van der Waals surface area contributed by atoms with E-state index in [-0.39, 0.29) is 0 Å². The Labute approximate surface area is 104 Å². The zero-order chi connectivity index (χ0) is 13.1. The van der Waals surface area contributed by atoms with Crippen molar-refractivity contribution in [3.8, 4) is 0 Å². The van der Waals surface area contributed by atoms with Crippen LogP contribution in [0, 0.1) is 0 Å². The predicted octanol–water partition coefficient (Wildman–Crippen LogP) is 0.948. The van der Waals surface area contributed by atoms with Crippen molar-refractivity contribution in [2.24, 2.45) is 11.5 Å². The first-order valence-electron chi connectivity index (χ1n) is 5.58. The van der Waals surface area contributed by atoms with Crippen molar-refractivity contribution in [2.45, 2.75) is 12.2 Å². The maximum atomic E-state index is 10.7. The van der Waals surface area contributed by atoms with Gasteiger partial charge < -0.3 is 21.9 Å². The van der Waals surface area contributed by atoms with Crippen LogP contribution in [-0.4, -0.2) is 23.3 Å². The van der Waals surface area contributed by atoms with Gasteiger partial charge in [-0.3, -0.25) is 4.79 Å². The minimum absolute atomic E-state index is 0.775. The Hall–Kier alpha value is -2.11. The highest BCUT2D eigenvalue weighted by molar-refractivity contribution is 5.94. The van der Waals surface area contributed by atoms with E-state index < -0.39 is 18.2 Å². The van der Waals surface area contributed by atoms with Crippen LogP contribution in [0.25, 0.3) is 10.8 Å². The second kappa shape index (κ2) is 5.03. The van der Waals surface area contributed by atoms with Crippen LogP contribution in [0.1, 0.15) is 0 Å². The van der Waals surface area contributed by atoms with Crippen LogP contribution in [0.15, 0.2) is 42.5 Å². The van der Waals surface area contributed by atoms with Gasteiger partial charge in [0.1, 0.15) is 12.2 Å². The molecular formula is C13H15N3O2. The highest BCUT2D eigenvalue weighted by Crippen LogP contribution is 2.23. The highest BCUT2D eigenvalue weighted by atomic mass is 16.4. The third-order valence-corrected chi connectivity index (χ3v) is 2.78. The number of anilines is 1. The van der Waals surface area contributed by atoms with Crippen molar-refractivity contribution in [3.05, 3.63) is 42.5 Å². The molecule has 0 aliphatic heterocycles. The van der Waals surface area contributed by atoms with Crippen molar-refractivity contribution >= 4 is 22.4 Å². The van der Waals surface area contributed by atoms with Gasteiger partial charge in [-0.15, -0.1) is 0 Å². The average Bonchev–Trinajstić information content (AvgIpc) is 2.38. The lowest BCUT2D eigenvalue weighted by atomic mass is 10.1. The van der Waals surface area contributed by atoms with E-state index >= 15 is 0 Å². The zero-order valence-corrected chi connectivity index (χ0v) is 9.71. The van der Waals surface area contributed by atoms with Crippen molar-refractivity contribution in [1.29, 1.82) is 0 Å². The van der Waals surface area contributed by atoms with E-state index in [1.807, 2.05) is 42.5 Å². The van der Waals surface area contributed by atoms with Gasteiger partial charge in [0.2, 0.25) is 0 Å². The quantitative estimate of drug-likeness (QED) is 0.601. The molecule has 0 saturated heterocycles. The number of hydrogen-bond acceptors (Lipinski definition) is 4. The van der Waals surface area contributed by atoms with Crippen LogP contribution in [0.4, 0.5) is 5.69 Å². The number of carboxylic acid groups (broad SMARTS) is 1. The van der Waals surface area contributed by atoms with Gasteiger partial charge in [0.25, 0.3) is 0 Å². The Morgan fingerprint density at radius 2 is 1.78 bits per heavy atom. The minimum atomic E-state index is -1.15. The summed E-state index contributed by atoms with van der Waals surface area (Å²) in [7, 11) is 0. The average molecular weight is 245 g/mol. The lowest BCUT2D eigenvalue weighted by Crippen LogP contribution is -2.51. The Bertz CT molecular complexity index is 566. The van der Waals surface area contributed by atoms with Gasteiger partial charge >= 0.3 is 5.97 Å². The Kier molecular flexibility index (Phi) is 3.45. The second-order valence-corrected chi connectivity index (χ2v) is 4.06. The largest absolute Gasteiger partial charge is 0.480 e. The molecule has 2 aromatic rings. The molecule has 0 saturated carbocycles. The standard InChI is InChI=1S/C13H15N3O2/c14-11(13(17)18)12(15)16-10-7-3-5-8-4-1-2-6-9(8)10/h1-7,11-12,16H,14-15H2,(H,17,18). The number of hydrogen-bond donors (Lipinski definition) is 4. The first-order valence-corrected chi connectivity index (χ1v) is 5.58. The summed E-state index contributed by atoms with van der Waals surface area (Å²) < 4.78 is 0. The summed E-state index contributed by atoms with van der Waals surface area (Å²) in [5, 5.41) is 13.8. The topological polar surface area (TPSA) is 101 Å². The smallest absolute Gasteiger partial charge is 0.324 e. The number of fused-ring (bicyclic) bond motifs is 1. The maximum absolute atomic E-state index is 10.7. The molecule has 0 fully saturated rings. The molecule has 2 aromatic carbocycles. The molecule has 6 N–H and O–H groups in total. The molecule has 5 heteroatoms. The number of nitrogens with two attached hydrogens (primary N) is 2. The van der Waals surface area contributed by atoms with Crippen molar-refractivity contribution in [2.75, 3.05) is 5.32 Å². The van der Waals surface area contributed by atoms with Crippen molar-refractivity contribution < 1.29 is 9.90 Å². The van der Waals surface area contributed by atoms with E-state index in [2.05, 4.69) is 5.32 Å². The van der Waals surface area contributed by atoms with E-state index in [1.54, 1.807) is 0 Å². The van der Waals surface area contributed by atoms with E-state index in [4.69, 9.17) is 16.6 Å². The lowest BCUT2D eigenvalue weighted by Gasteiger charge is -2.19. The fourth-order valence-electron chi connectivity index (χ4n) is 1.77. The SMILES string of the molecule is NC(Nc1cccc2ccccc12)C(N)C(=O)O. The predicted molar refractivity (Wildman–Crippen MR) is 71.2 cm³/mol. The van der Waals surface area contributed by atoms with Crippen molar-refractivity contribution in [3.63, 3.8) is 0 Å². The molecule has 0 heterocycles. The summed E-state index contributed by atoms with van der Waals surface area (Å²) in [5.41, 5.74) is 12.0. The Balaban J connectivity index is 2.29. The summed E-state index contributed by atoms with van der Waals surface area (Å²) in [4.78, 5) is 10.7. The normalized spacial score (nSPS) is 14.1. The van der Waals surface area contributed by atoms with Gasteiger partial charge in [-0.2, -0.15) is 0 Å². The molecule has 0 spiro atoms. The Morgan fingerprint density at radius 3 is 2.50 bits per heavy atom. The number of carbonyl (C=O) groups is 1. The Morgan fingerprint density at radius 1 is 1.11 bits per heavy atom. The van der Waals surface area contributed by atoms with Crippen LogP contribution in [0.3, 0.4) is 0 Å². The van der Waals surface area contributed by atoms with E-state index in [0.717, 1.165) is 16.5 Å². The molecule has 0 aliphatic carbocycles. The highest BCUT2D eigenvalue weighted by Gasteiger charge is 2.20. The molecule has 94 valence electrons. The monoisotopic (exact) mass is 245 g/mol. The minimum Gasteiger partial charge on any atom is -0.480 e. The summed E-state index contributed by atoms with van der Waals surface area (Å²) in [6, 6.07) is 12.3. The van der Waals surface area contributed by atoms with Gasteiger partial charge in [0, 0.05) is 11.1 Å². The number of rotatable bonds is 4. The first-order chi connectivity index (χ1) is 8.59. The van der Waals surface area contributed by atoms with Crippen LogP contribution >= 0.6 is 0 Å². The van der Waals surface area contributed by atoms with Crippen molar-refractivity contribution in [1.82, 2.24) is 0 Å². The van der Waals surface area contributed by atoms with E-state index in [9.17, 15) is 4.79 Å². The van der Waals surface area contributed by atoms with Gasteiger partial charge in [-0.05, 0) is 11.5 Å². The number of nitrogens with one attached hydrogen (secondary N) is 1. The van der Waals surface area contributed by atoms with E-state index in [1.165, 1.54) is 0 Å². The zero-order valence-electron chi connectivity index (χ0n) is 9.71. The van der Waals surface area contributed by atoms with Crippen LogP contribution < -0.4 is 16.8 Å². The fraction of sp³-hybridized carbons (Fsp3) is 0.154. The molecule has 2 unspecified atom stereocenters. The molecule has 18 heavy (non-hydrogen) atoms. The third-order valence-electron chi connectivity index (χ3n) is 2.78. The van der Waals surface area contributed by atoms with Crippen LogP contribution in [0.5, 0.6) is 0 Å². The fourth-order valence-corrected chi connectivity index (χ4v) is 1.77. The number of benzene rings is 2. The molecular weight excluding hydrogens is 230 g/mol. The molecule has 2 atom stereocenters. The van der Waals surface area contributed by atoms with Gasteiger partial charge in [0.15, 0.2) is 0 Å². The second-order valence-electron chi connectivity index (χ2n) is 4.06. The molecule has 0 aromatic heterocycles. The summed E-state index contributed by atoms with van der Waals surface area (Å²) in [6.07, 6.45) is -0.840. The molecule has 5 nitrogen and oxygen atoms in total. The molecule has 0 amide bonds. The third kappa shape index (κ3) is 2.42. The first kappa shape index (κ1) is 12.3. The van der Waals surface area contributed by atoms with Gasteiger partial charge in [0.05, 0.1) is 0 Å². The summed E-state index contributed by atoms with van der Waals surface area (Å²) >= 11 is 0. The molecule has 0 bridgehead atoms. The lowest BCUT2D eigenvalue weighted by molar-refractivity contribution is -0.138. The molecule has 0 radical (unpaired) electrons. The van der Waals surface area contributed by atoms with Gasteiger partial charge in [-0.25, -0.2) is 0 Å².